The molecule has 84 valence electrons. The zero-order valence-corrected chi connectivity index (χ0v) is 11.4. The van der Waals surface area contributed by atoms with E-state index in [1.807, 2.05) is 24.7 Å². The lowest BCUT2D eigenvalue weighted by molar-refractivity contribution is 1.03. The van der Waals surface area contributed by atoms with Crippen molar-refractivity contribution in [3.8, 4) is 5.82 Å². The second-order valence-electron chi connectivity index (χ2n) is 3.91. The van der Waals surface area contributed by atoms with E-state index >= 15 is 0 Å². The van der Waals surface area contributed by atoms with Crippen LogP contribution in [0.15, 0.2) is 43.0 Å². The predicted molar refractivity (Wildman–Crippen MR) is 76.3 cm³/mol. The number of hydrogen-bond acceptors (Lipinski definition) is 2. The molecule has 3 rings (SSSR count). The summed E-state index contributed by atoms with van der Waals surface area (Å²) >= 11 is 2.29. The van der Waals surface area contributed by atoms with Crippen molar-refractivity contribution in [2.24, 2.45) is 0 Å². The molecule has 0 atom stereocenters. The third-order valence-electron chi connectivity index (χ3n) is 2.77. The molecular weight excluding hydrogens is 325 g/mol. The van der Waals surface area contributed by atoms with Gasteiger partial charge in [-0.1, -0.05) is 0 Å². The van der Waals surface area contributed by atoms with Crippen molar-refractivity contribution in [1.29, 1.82) is 0 Å². The summed E-state index contributed by atoms with van der Waals surface area (Å²) in [4.78, 5) is 8.62. The van der Waals surface area contributed by atoms with Crippen molar-refractivity contribution >= 4 is 33.5 Å². The second kappa shape index (κ2) is 4.10. The molecule has 0 bridgehead atoms. The van der Waals surface area contributed by atoms with E-state index in [-0.39, 0.29) is 0 Å². The van der Waals surface area contributed by atoms with E-state index in [0.717, 1.165) is 11.3 Å². The topological polar surface area (TPSA) is 30.7 Å². The van der Waals surface area contributed by atoms with Crippen LogP contribution in [0.1, 0.15) is 5.56 Å². The first-order valence-corrected chi connectivity index (χ1v) is 6.37. The zero-order chi connectivity index (χ0) is 11.8. The molecular formula is C13H10IN3. The molecule has 0 spiro atoms. The SMILES string of the molecule is Cc1cc(-n2ccc3ccncc32)ncc1I. The van der Waals surface area contributed by atoms with Gasteiger partial charge in [-0.25, -0.2) is 4.98 Å². The molecule has 17 heavy (non-hydrogen) atoms. The van der Waals surface area contributed by atoms with Gasteiger partial charge >= 0.3 is 0 Å². The van der Waals surface area contributed by atoms with Gasteiger partial charge in [0.05, 0.1) is 11.7 Å². The van der Waals surface area contributed by atoms with Crippen molar-refractivity contribution in [3.63, 3.8) is 0 Å². The first-order chi connectivity index (χ1) is 8.25. The van der Waals surface area contributed by atoms with Crippen LogP contribution in [0, 0.1) is 10.5 Å². The monoisotopic (exact) mass is 335 g/mol. The predicted octanol–water partition coefficient (Wildman–Crippen LogP) is 3.33. The van der Waals surface area contributed by atoms with Crippen LogP contribution in [0.5, 0.6) is 0 Å². The van der Waals surface area contributed by atoms with E-state index in [4.69, 9.17) is 0 Å². The van der Waals surface area contributed by atoms with Crippen LogP contribution < -0.4 is 0 Å². The molecule has 0 saturated carbocycles. The van der Waals surface area contributed by atoms with Gasteiger partial charge in [-0.05, 0) is 53.3 Å². The smallest absolute Gasteiger partial charge is 0.137 e. The third kappa shape index (κ3) is 1.82. The molecule has 0 saturated heterocycles. The van der Waals surface area contributed by atoms with Gasteiger partial charge in [0.25, 0.3) is 0 Å². The lowest BCUT2D eigenvalue weighted by Crippen LogP contribution is -1.97. The molecule has 0 radical (unpaired) electrons. The van der Waals surface area contributed by atoms with Crippen LogP contribution in [-0.2, 0) is 0 Å². The molecule has 0 amide bonds. The Balaban J connectivity index is 2.24. The summed E-state index contributed by atoms with van der Waals surface area (Å²) < 4.78 is 3.24. The van der Waals surface area contributed by atoms with E-state index in [0.29, 0.717) is 0 Å². The van der Waals surface area contributed by atoms with Gasteiger partial charge in [-0.3, -0.25) is 9.55 Å². The van der Waals surface area contributed by atoms with Gasteiger partial charge in [-0.2, -0.15) is 0 Å². The fraction of sp³-hybridized carbons (Fsp3) is 0.0769. The molecule has 0 aliphatic carbocycles. The van der Waals surface area contributed by atoms with Crippen LogP contribution in [0.2, 0.25) is 0 Å². The molecule has 0 fully saturated rings. The van der Waals surface area contributed by atoms with Crippen molar-refractivity contribution in [1.82, 2.24) is 14.5 Å². The summed E-state index contributed by atoms with van der Waals surface area (Å²) in [5, 5.41) is 1.18. The standard InChI is InChI=1S/C13H10IN3/c1-9-6-13(16-7-11(9)14)17-5-3-10-2-4-15-8-12(10)17/h2-8H,1H3. The van der Waals surface area contributed by atoms with Crippen molar-refractivity contribution < 1.29 is 0 Å². The molecule has 4 heteroatoms. The minimum absolute atomic E-state index is 0.936. The molecule has 3 heterocycles. The molecule has 0 aliphatic rings. The maximum atomic E-state index is 4.46. The van der Waals surface area contributed by atoms with Crippen LogP contribution in [0.3, 0.4) is 0 Å². The Morgan fingerprint density at radius 3 is 2.94 bits per heavy atom. The molecule has 3 nitrogen and oxygen atoms in total. The van der Waals surface area contributed by atoms with E-state index in [9.17, 15) is 0 Å². The number of hydrogen-bond donors (Lipinski definition) is 0. The lowest BCUT2D eigenvalue weighted by Gasteiger charge is -2.06. The maximum absolute atomic E-state index is 4.46. The first kappa shape index (κ1) is 10.7. The van der Waals surface area contributed by atoms with Crippen LogP contribution in [0.25, 0.3) is 16.7 Å². The van der Waals surface area contributed by atoms with Gasteiger partial charge < -0.3 is 0 Å². The maximum Gasteiger partial charge on any atom is 0.137 e. The minimum atomic E-state index is 0.936. The normalized spacial score (nSPS) is 10.9. The molecule has 3 aromatic heterocycles. The quantitative estimate of drug-likeness (QED) is 0.639. The summed E-state index contributed by atoms with van der Waals surface area (Å²) in [6, 6.07) is 6.17. The van der Waals surface area contributed by atoms with Gasteiger partial charge in [0.2, 0.25) is 0 Å². The van der Waals surface area contributed by atoms with E-state index in [2.05, 4.69) is 56.2 Å². The zero-order valence-electron chi connectivity index (χ0n) is 9.26. The fourth-order valence-corrected chi connectivity index (χ4v) is 2.13. The number of pyridine rings is 2. The Morgan fingerprint density at radius 2 is 2.12 bits per heavy atom. The number of aryl methyl sites for hydroxylation is 1. The number of nitrogens with zero attached hydrogens (tertiary/aromatic N) is 3. The summed E-state index contributed by atoms with van der Waals surface area (Å²) in [6.07, 6.45) is 7.60. The molecule has 0 aliphatic heterocycles. The highest BCUT2D eigenvalue weighted by Crippen LogP contribution is 2.20. The highest BCUT2D eigenvalue weighted by atomic mass is 127. The Labute approximate surface area is 113 Å². The Bertz CT molecular complexity index is 688. The average molecular weight is 335 g/mol. The molecule has 0 aromatic carbocycles. The Hall–Kier alpha value is -1.43. The molecule has 0 N–H and O–H groups in total. The minimum Gasteiger partial charge on any atom is -0.300 e. The summed E-state index contributed by atoms with van der Waals surface area (Å²) in [5.74, 6) is 0.936. The highest BCUT2D eigenvalue weighted by Gasteiger charge is 2.05. The Kier molecular flexibility index (Phi) is 2.58. The number of rotatable bonds is 1. The van der Waals surface area contributed by atoms with Crippen molar-refractivity contribution in [2.75, 3.05) is 0 Å². The summed E-state index contributed by atoms with van der Waals surface area (Å²) in [7, 11) is 0. The summed E-state index contributed by atoms with van der Waals surface area (Å²) in [6.45, 7) is 2.09. The van der Waals surface area contributed by atoms with Crippen molar-refractivity contribution in [3.05, 3.63) is 52.1 Å². The van der Waals surface area contributed by atoms with Gasteiger partial charge in [0.1, 0.15) is 5.82 Å². The average Bonchev–Trinajstić information content (AvgIpc) is 2.76. The van der Waals surface area contributed by atoms with Crippen molar-refractivity contribution in [2.45, 2.75) is 6.92 Å². The van der Waals surface area contributed by atoms with Crippen LogP contribution >= 0.6 is 22.6 Å². The largest absolute Gasteiger partial charge is 0.300 e. The lowest BCUT2D eigenvalue weighted by atomic mass is 10.3. The highest BCUT2D eigenvalue weighted by molar-refractivity contribution is 14.1. The van der Waals surface area contributed by atoms with Gasteiger partial charge in [0, 0.05) is 27.5 Å². The number of aromatic nitrogens is 3. The molecule has 3 aromatic rings. The molecule has 0 unspecified atom stereocenters. The Morgan fingerprint density at radius 1 is 1.24 bits per heavy atom. The number of fused-ring (bicyclic) bond motifs is 1. The fourth-order valence-electron chi connectivity index (χ4n) is 1.83. The van der Waals surface area contributed by atoms with E-state index in [1.165, 1.54) is 14.5 Å². The first-order valence-electron chi connectivity index (χ1n) is 5.29. The third-order valence-corrected chi connectivity index (χ3v) is 3.90. The number of halogens is 1. The van der Waals surface area contributed by atoms with Crippen LogP contribution in [-0.4, -0.2) is 14.5 Å². The van der Waals surface area contributed by atoms with Crippen LogP contribution in [0.4, 0.5) is 0 Å². The van der Waals surface area contributed by atoms with E-state index in [1.54, 1.807) is 6.20 Å². The van der Waals surface area contributed by atoms with E-state index < -0.39 is 0 Å². The summed E-state index contributed by atoms with van der Waals surface area (Å²) in [5.41, 5.74) is 2.32. The second-order valence-corrected chi connectivity index (χ2v) is 5.07. The van der Waals surface area contributed by atoms with Gasteiger partial charge in [-0.15, -0.1) is 0 Å². The van der Waals surface area contributed by atoms with Gasteiger partial charge in [0.15, 0.2) is 0 Å².